The maximum absolute atomic E-state index is 12.6. The minimum Gasteiger partial charge on any atom is -0.370 e. The van der Waals surface area contributed by atoms with Crippen LogP contribution in [0.15, 0.2) is 60.9 Å². The van der Waals surface area contributed by atoms with Gasteiger partial charge in [0.1, 0.15) is 17.7 Å². The van der Waals surface area contributed by atoms with E-state index in [4.69, 9.17) is 22.3 Å². The molecule has 34 heavy (non-hydrogen) atoms. The fourth-order valence-electron chi connectivity index (χ4n) is 2.80. The molecule has 1 heterocycles. The summed E-state index contributed by atoms with van der Waals surface area (Å²) < 4.78 is 0. The van der Waals surface area contributed by atoms with Gasteiger partial charge in [0, 0.05) is 30.5 Å². The average molecular weight is 461 g/mol. The Hall–Kier alpha value is -5.00. The van der Waals surface area contributed by atoms with Gasteiger partial charge in [-0.15, -0.1) is 0 Å². The van der Waals surface area contributed by atoms with Crippen LogP contribution in [0.4, 0.5) is 11.4 Å². The third-order valence-corrected chi connectivity index (χ3v) is 4.52. The highest BCUT2D eigenvalue weighted by Gasteiger charge is 2.14. The van der Waals surface area contributed by atoms with Gasteiger partial charge in [0.2, 0.25) is 0 Å². The second-order valence-corrected chi connectivity index (χ2v) is 7.13. The zero-order valence-electron chi connectivity index (χ0n) is 18.1. The second-order valence-electron chi connectivity index (χ2n) is 7.13. The molecular formula is C22H24N10O2. The smallest absolute Gasteiger partial charge is 0.274 e. The number of carbonyl (C=O) groups is 2. The van der Waals surface area contributed by atoms with Gasteiger partial charge in [0.25, 0.3) is 11.8 Å². The number of guanidine groups is 2. The van der Waals surface area contributed by atoms with Crippen LogP contribution >= 0.6 is 0 Å². The molecule has 10 N–H and O–H groups in total. The predicted octanol–water partition coefficient (Wildman–Crippen LogP) is 0.947. The van der Waals surface area contributed by atoms with Crippen molar-refractivity contribution < 1.29 is 9.59 Å². The highest BCUT2D eigenvalue weighted by molar-refractivity contribution is 6.06. The van der Waals surface area contributed by atoms with Crippen LogP contribution in [0.2, 0.25) is 0 Å². The number of rotatable bonds is 8. The first-order valence-electron chi connectivity index (χ1n) is 10.1. The molecule has 0 unspecified atom stereocenters. The molecule has 0 atom stereocenters. The summed E-state index contributed by atoms with van der Waals surface area (Å²) in [6, 6.07) is 15.3. The van der Waals surface area contributed by atoms with E-state index in [0.29, 0.717) is 24.5 Å². The van der Waals surface area contributed by atoms with Crippen molar-refractivity contribution in [3.63, 3.8) is 0 Å². The van der Waals surface area contributed by atoms with Crippen LogP contribution in [-0.4, -0.2) is 33.7 Å². The lowest BCUT2D eigenvalue weighted by molar-refractivity contribution is 0.102. The molecule has 0 fully saturated rings. The summed E-state index contributed by atoms with van der Waals surface area (Å²) in [5.41, 5.74) is 13.5. The molecule has 0 aliphatic rings. The van der Waals surface area contributed by atoms with Crippen LogP contribution in [0.5, 0.6) is 0 Å². The van der Waals surface area contributed by atoms with E-state index in [2.05, 4.69) is 31.2 Å². The molecule has 0 saturated heterocycles. The minimum atomic E-state index is -0.492. The van der Waals surface area contributed by atoms with Gasteiger partial charge < -0.3 is 32.7 Å². The summed E-state index contributed by atoms with van der Waals surface area (Å²) in [7, 11) is 0. The Morgan fingerprint density at radius 3 is 1.44 bits per heavy atom. The first kappa shape index (κ1) is 23.7. The highest BCUT2D eigenvalue weighted by Crippen LogP contribution is 2.13. The Kier molecular flexibility index (Phi) is 7.68. The van der Waals surface area contributed by atoms with E-state index in [0.717, 1.165) is 17.5 Å². The molecule has 0 saturated carbocycles. The topological polar surface area (TPSA) is 208 Å². The Labute approximate surface area is 195 Å². The molecule has 0 aliphatic heterocycles. The standard InChI is InChI=1S/C22H24N10O2/c23-21(24)27-10-13-1-5-15(6-2-13)31-19(33)17-9-18(30-12-29-17)20(34)32-16-7-3-14(4-8-16)11-28-22(25)26/h1-9,12H,10-11H2,(H,31,33)(H,32,34)(H4,23,24,27)(H4,25,26,28). The number of benzene rings is 2. The lowest BCUT2D eigenvalue weighted by Gasteiger charge is -2.09. The van der Waals surface area contributed by atoms with Gasteiger partial charge in [-0.2, -0.15) is 0 Å². The number of nitrogens with one attached hydrogen (secondary N) is 6. The minimum absolute atomic E-state index is 0.0353. The number of anilines is 2. The van der Waals surface area contributed by atoms with E-state index in [1.54, 1.807) is 48.5 Å². The molecule has 12 nitrogen and oxygen atoms in total. The molecule has 2 amide bonds. The van der Waals surface area contributed by atoms with E-state index in [9.17, 15) is 9.59 Å². The number of nitrogens with zero attached hydrogens (tertiary/aromatic N) is 2. The van der Waals surface area contributed by atoms with Crippen molar-refractivity contribution in [2.75, 3.05) is 10.6 Å². The van der Waals surface area contributed by atoms with E-state index in [1.807, 2.05) is 0 Å². The fourth-order valence-corrected chi connectivity index (χ4v) is 2.80. The number of hydrogen-bond acceptors (Lipinski definition) is 6. The summed E-state index contributed by atoms with van der Waals surface area (Å²) >= 11 is 0. The van der Waals surface area contributed by atoms with E-state index in [1.165, 1.54) is 6.07 Å². The van der Waals surface area contributed by atoms with Gasteiger partial charge in [-0.1, -0.05) is 24.3 Å². The molecule has 12 heteroatoms. The Balaban J connectivity index is 1.60. The second kappa shape index (κ2) is 11.0. The summed E-state index contributed by atoms with van der Waals surface area (Å²) in [5.74, 6) is -1.23. The molecule has 3 aromatic rings. The zero-order chi connectivity index (χ0) is 24.5. The highest BCUT2D eigenvalue weighted by atomic mass is 16.2. The largest absolute Gasteiger partial charge is 0.370 e. The summed E-state index contributed by atoms with van der Waals surface area (Å²) in [4.78, 5) is 33.1. The van der Waals surface area contributed by atoms with Crippen LogP contribution in [0.3, 0.4) is 0 Å². The first-order valence-corrected chi connectivity index (χ1v) is 10.1. The summed E-state index contributed by atoms with van der Waals surface area (Å²) in [6.45, 7) is 0.790. The van der Waals surface area contributed by atoms with Crippen molar-refractivity contribution in [2.24, 2.45) is 11.5 Å². The normalized spacial score (nSPS) is 10.1. The van der Waals surface area contributed by atoms with Crippen LogP contribution in [0.1, 0.15) is 32.1 Å². The molecule has 2 aromatic carbocycles. The van der Waals surface area contributed by atoms with Crippen molar-refractivity contribution in [1.82, 2.24) is 20.6 Å². The van der Waals surface area contributed by atoms with Gasteiger partial charge in [0.15, 0.2) is 11.9 Å². The van der Waals surface area contributed by atoms with Crippen molar-refractivity contribution in [3.8, 4) is 0 Å². The predicted molar refractivity (Wildman–Crippen MR) is 128 cm³/mol. The van der Waals surface area contributed by atoms with Crippen molar-refractivity contribution in [3.05, 3.63) is 83.4 Å². The van der Waals surface area contributed by atoms with Crippen molar-refractivity contribution in [2.45, 2.75) is 13.1 Å². The van der Waals surface area contributed by atoms with Crippen molar-refractivity contribution in [1.29, 1.82) is 10.8 Å². The SMILES string of the molecule is N=C(N)NCc1ccc(NC(=O)c2cc(C(=O)Nc3ccc(CNC(=N)N)cc3)ncn2)cc1. The lowest BCUT2D eigenvalue weighted by atomic mass is 10.2. The molecule has 0 bridgehead atoms. The molecule has 3 rings (SSSR count). The van der Waals surface area contributed by atoms with Crippen LogP contribution in [0, 0.1) is 10.8 Å². The number of aromatic nitrogens is 2. The summed E-state index contributed by atoms with van der Waals surface area (Å²) in [6.07, 6.45) is 1.15. The van der Waals surface area contributed by atoms with Crippen LogP contribution < -0.4 is 32.7 Å². The number of nitrogens with two attached hydrogens (primary N) is 2. The fraction of sp³-hybridized carbons (Fsp3) is 0.0909. The summed E-state index contributed by atoms with van der Waals surface area (Å²) in [5, 5.41) is 25.2. The van der Waals surface area contributed by atoms with Crippen LogP contribution in [0.25, 0.3) is 0 Å². The maximum atomic E-state index is 12.6. The van der Waals surface area contributed by atoms with Gasteiger partial charge in [-0.25, -0.2) is 9.97 Å². The average Bonchev–Trinajstić information content (AvgIpc) is 2.83. The third kappa shape index (κ3) is 7.02. The molecule has 0 aliphatic carbocycles. The Morgan fingerprint density at radius 1 is 0.706 bits per heavy atom. The molecular weight excluding hydrogens is 436 g/mol. The van der Waals surface area contributed by atoms with Crippen LogP contribution in [-0.2, 0) is 13.1 Å². The first-order chi connectivity index (χ1) is 16.3. The molecule has 174 valence electrons. The van der Waals surface area contributed by atoms with Crippen molar-refractivity contribution >= 4 is 35.1 Å². The monoisotopic (exact) mass is 460 g/mol. The van der Waals surface area contributed by atoms with E-state index >= 15 is 0 Å². The Bertz CT molecular complexity index is 1100. The van der Waals surface area contributed by atoms with Gasteiger partial charge >= 0.3 is 0 Å². The molecule has 0 radical (unpaired) electrons. The third-order valence-electron chi connectivity index (χ3n) is 4.52. The number of hydrogen-bond donors (Lipinski definition) is 8. The lowest BCUT2D eigenvalue weighted by Crippen LogP contribution is -2.29. The Morgan fingerprint density at radius 2 is 1.09 bits per heavy atom. The quantitative estimate of drug-likeness (QED) is 0.179. The van der Waals surface area contributed by atoms with Gasteiger partial charge in [-0.05, 0) is 35.4 Å². The molecule has 0 spiro atoms. The maximum Gasteiger partial charge on any atom is 0.274 e. The molecule has 1 aromatic heterocycles. The zero-order valence-corrected chi connectivity index (χ0v) is 18.1. The number of carbonyl (C=O) groups excluding carboxylic acids is 2. The number of amides is 2. The van der Waals surface area contributed by atoms with Gasteiger partial charge in [0.05, 0.1) is 0 Å². The van der Waals surface area contributed by atoms with E-state index < -0.39 is 11.8 Å². The van der Waals surface area contributed by atoms with Gasteiger partial charge in [-0.3, -0.25) is 20.4 Å². The van der Waals surface area contributed by atoms with E-state index in [-0.39, 0.29) is 23.3 Å².